The van der Waals surface area contributed by atoms with Crippen molar-refractivity contribution in [1.29, 1.82) is 0 Å². The van der Waals surface area contributed by atoms with E-state index in [1.807, 2.05) is 24.3 Å². The van der Waals surface area contributed by atoms with Crippen LogP contribution in [0.15, 0.2) is 70.0 Å². The maximum Gasteiger partial charge on any atom is 0.404 e. The van der Waals surface area contributed by atoms with Gasteiger partial charge in [0.25, 0.3) is 0 Å². The Kier molecular flexibility index (Phi) is 7.33. The summed E-state index contributed by atoms with van der Waals surface area (Å²) in [6.07, 6.45) is -1.13. The molecule has 0 aliphatic carbocycles. The van der Waals surface area contributed by atoms with Gasteiger partial charge in [0.15, 0.2) is 0 Å². The predicted molar refractivity (Wildman–Crippen MR) is 135 cm³/mol. The molecule has 36 heavy (non-hydrogen) atoms. The number of primary sulfonamides is 1. The van der Waals surface area contributed by atoms with Gasteiger partial charge in [0, 0.05) is 11.0 Å². The van der Waals surface area contributed by atoms with E-state index in [4.69, 9.17) is 15.0 Å². The zero-order valence-corrected chi connectivity index (χ0v) is 21.3. The summed E-state index contributed by atoms with van der Waals surface area (Å²) in [5.41, 5.74) is 3.00. The van der Waals surface area contributed by atoms with Gasteiger partial charge in [-0.25, -0.2) is 18.4 Å². The minimum Gasteiger partial charge on any atom is -0.497 e. The second-order valence-electron chi connectivity index (χ2n) is 7.69. The fourth-order valence-corrected chi connectivity index (χ4v) is 5.42. The van der Waals surface area contributed by atoms with E-state index in [0.29, 0.717) is 23.4 Å². The topological polar surface area (TPSA) is 162 Å². The van der Waals surface area contributed by atoms with E-state index in [-0.39, 0.29) is 27.3 Å². The first-order valence-electron chi connectivity index (χ1n) is 10.5. The Morgan fingerprint density at radius 2 is 1.75 bits per heavy atom. The van der Waals surface area contributed by atoms with Crippen molar-refractivity contribution < 1.29 is 23.1 Å². The van der Waals surface area contributed by atoms with Crippen LogP contribution in [0.2, 0.25) is 0 Å². The summed E-state index contributed by atoms with van der Waals surface area (Å²) >= 11 is 3.29. The van der Waals surface area contributed by atoms with Gasteiger partial charge in [-0.2, -0.15) is 4.80 Å². The van der Waals surface area contributed by atoms with Crippen LogP contribution in [-0.2, 0) is 23.1 Å². The minimum absolute atomic E-state index is 0.0838. The summed E-state index contributed by atoms with van der Waals surface area (Å²) in [5.74, 6) is 0.799. The van der Waals surface area contributed by atoms with Crippen molar-refractivity contribution in [2.24, 2.45) is 5.14 Å². The van der Waals surface area contributed by atoms with Gasteiger partial charge in [0.05, 0.1) is 19.2 Å². The van der Waals surface area contributed by atoms with Crippen molar-refractivity contribution in [2.75, 3.05) is 7.11 Å². The van der Waals surface area contributed by atoms with Gasteiger partial charge in [0.2, 0.25) is 15.8 Å². The smallest absolute Gasteiger partial charge is 0.404 e. The second kappa shape index (κ2) is 10.4. The standard InChI is InChI=1S/C23H21BrN6O5S/c1-35-17-8-4-15(5-9-17)13-30-28-22(27-29-30)20-18(10-11-19(24)21(20)36(25,33)34)16-6-2-14(3-7-16)12-26-23(31)32/h2-11,26H,12-13H2,1H3,(H,31,32)(H2,25,33,34). The number of nitrogens with zero attached hydrogens (tertiary/aromatic N) is 4. The van der Waals surface area contributed by atoms with Crippen molar-refractivity contribution in [2.45, 2.75) is 18.0 Å². The lowest BCUT2D eigenvalue weighted by molar-refractivity contribution is 0.194. The molecular formula is C23H21BrN6O5S. The van der Waals surface area contributed by atoms with Gasteiger partial charge in [-0.05, 0) is 61.6 Å². The highest BCUT2D eigenvalue weighted by Gasteiger charge is 2.26. The van der Waals surface area contributed by atoms with E-state index >= 15 is 0 Å². The summed E-state index contributed by atoms with van der Waals surface area (Å²) in [6.45, 7) is 0.433. The average molecular weight is 573 g/mol. The number of amides is 1. The van der Waals surface area contributed by atoms with Gasteiger partial charge in [-0.15, -0.1) is 10.2 Å². The molecule has 4 aromatic rings. The van der Waals surface area contributed by atoms with Crippen molar-refractivity contribution in [1.82, 2.24) is 25.5 Å². The maximum atomic E-state index is 12.6. The number of ether oxygens (including phenoxy) is 1. The number of tetrazole rings is 1. The molecule has 0 saturated heterocycles. The molecular weight excluding hydrogens is 552 g/mol. The SMILES string of the molecule is COc1ccc(Cn2nnc(-c3c(-c4ccc(CNC(=O)O)cc4)ccc(Br)c3S(N)(=O)=O)n2)cc1. The molecule has 3 aromatic carbocycles. The molecule has 0 aliphatic rings. The van der Waals surface area contributed by atoms with Crippen LogP contribution in [0, 0.1) is 0 Å². The normalized spacial score (nSPS) is 11.3. The number of benzene rings is 3. The highest BCUT2D eigenvalue weighted by molar-refractivity contribution is 9.10. The van der Waals surface area contributed by atoms with Crippen LogP contribution in [0.25, 0.3) is 22.5 Å². The first-order valence-corrected chi connectivity index (χ1v) is 12.8. The zero-order valence-electron chi connectivity index (χ0n) is 18.9. The molecule has 11 nitrogen and oxygen atoms in total. The number of aromatic nitrogens is 4. The van der Waals surface area contributed by atoms with Crippen LogP contribution in [-0.4, -0.2) is 46.9 Å². The molecule has 0 spiro atoms. The van der Waals surface area contributed by atoms with E-state index in [2.05, 4.69) is 36.7 Å². The lowest BCUT2D eigenvalue weighted by Gasteiger charge is -2.14. The van der Waals surface area contributed by atoms with Crippen LogP contribution in [0.5, 0.6) is 5.75 Å². The zero-order chi connectivity index (χ0) is 25.9. The third-order valence-electron chi connectivity index (χ3n) is 5.26. The molecule has 0 fully saturated rings. The molecule has 1 aromatic heterocycles. The largest absolute Gasteiger partial charge is 0.497 e. The molecule has 0 atom stereocenters. The fraction of sp³-hybridized carbons (Fsp3) is 0.130. The first-order chi connectivity index (χ1) is 17.2. The molecule has 1 heterocycles. The molecule has 186 valence electrons. The highest BCUT2D eigenvalue weighted by atomic mass is 79.9. The Balaban J connectivity index is 1.76. The van der Waals surface area contributed by atoms with E-state index in [9.17, 15) is 13.2 Å². The number of hydrogen-bond acceptors (Lipinski definition) is 7. The van der Waals surface area contributed by atoms with Crippen molar-refractivity contribution >= 4 is 32.0 Å². The number of methoxy groups -OCH3 is 1. The van der Waals surface area contributed by atoms with Crippen molar-refractivity contribution in [3.05, 3.63) is 76.3 Å². The number of rotatable bonds is 8. The predicted octanol–water partition coefficient (Wildman–Crippen LogP) is 3.24. The Bertz CT molecular complexity index is 1510. The number of carboxylic acid groups (broad SMARTS) is 1. The lowest BCUT2D eigenvalue weighted by Crippen LogP contribution is -2.19. The number of carbonyl (C=O) groups is 1. The Morgan fingerprint density at radius 3 is 2.36 bits per heavy atom. The summed E-state index contributed by atoms with van der Waals surface area (Å²) in [5, 5.41) is 29.3. The maximum absolute atomic E-state index is 12.6. The highest BCUT2D eigenvalue weighted by Crippen LogP contribution is 2.39. The minimum atomic E-state index is -4.18. The summed E-state index contributed by atoms with van der Waals surface area (Å²) in [7, 11) is -2.60. The fourth-order valence-electron chi connectivity index (χ4n) is 3.58. The number of nitrogens with two attached hydrogens (primary N) is 1. The van der Waals surface area contributed by atoms with E-state index in [0.717, 1.165) is 11.1 Å². The average Bonchev–Trinajstić information content (AvgIpc) is 3.31. The Hall–Kier alpha value is -3.81. The molecule has 13 heteroatoms. The van der Waals surface area contributed by atoms with Crippen LogP contribution >= 0.6 is 15.9 Å². The van der Waals surface area contributed by atoms with E-state index in [1.165, 1.54) is 4.80 Å². The van der Waals surface area contributed by atoms with Gasteiger partial charge in [-0.3, -0.25) is 0 Å². The monoisotopic (exact) mass is 572 g/mol. The molecule has 0 unspecified atom stereocenters. The third-order valence-corrected chi connectivity index (χ3v) is 7.18. The number of halogens is 1. The Morgan fingerprint density at radius 1 is 1.08 bits per heavy atom. The molecule has 1 amide bonds. The second-order valence-corrected chi connectivity index (χ2v) is 10.0. The molecule has 4 rings (SSSR count). The molecule has 0 radical (unpaired) electrons. The van der Waals surface area contributed by atoms with Gasteiger partial charge >= 0.3 is 6.09 Å². The van der Waals surface area contributed by atoms with Gasteiger partial charge in [-0.1, -0.05) is 42.5 Å². The Labute approximate surface area is 215 Å². The number of nitrogens with one attached hydrogen (secondary N) is 1. The quantitative estimate of drug-likeness (QED) is 0.289. The van der Waals surface area contributed by atoms with Gasteiger partial charge in [0.1, 0.15) is 10.6 Å². The molecule has 0 aliphatic heterocycles. The summed E-state index contributed by atoms with van der Waals surface area (Å²) < 4.78 is 30.6. The van der Waals surface area contributed by atoms with Crippen LogP contribution in [0.3, 0.4) is 0 Å². The van der Waals surface area contributed by atoms with E-state index < -0.39 is 16.1 Å². The van der Waals surface area contributed by atoms with Gasteiger partial charge < -0.3 is 15.2 Å². The number of hydrogen-bond donors (Lipinski definition) is 3. The summed E-state index contributed by atoms with van der Waals surface area (Å²) in [6, 6.07) is 17.6. The lowest BCUT2D eigenvalue weighted by atomic mass is 9.98. The van der Waals surface area contributed by atoms with Crippen LogP contribution in [0.4, 0.5) is 4.79 Å². The first kappa shape index (κ1) is 25.3. The molecule has 0 bridgehead atoms. The van der Waals surface area contributed by atoms with E-state index in [1.54, 1.807) is 43.5 Å². The molecule has 0 saturated carbocycles. The molecule has 4 N–H and O–H groups in total. The van der Waals surface area contributed by atoms with Crippen LogP contribution in [0.1, 0.15) is 11.1 Å². The van der Waals surface area contributed by atoms with Crippen molar-refractivity contribution in [3.63, 3.8) is 0 Å². The summed E-state index contributed by atoms with van der Waals surface area (Å²) in [4.78, 5) is 12.0. The van der Waals surface area contributed by atoms with Crippen LogP contribution < -0.4 is 15.2 Å². The third kappa shape index (κ3) is 5.70. The number of sulfonamides is 1. The van der Waals surface area contributed by atoms with Crippen molar-refractivity contribution in [3.8, 4) is 28.3 Å².